The van der Waals surface area contributed by atoms with Gasteiger partial charge in [0.2, 0.25) is 0 Å². The number of aryl methyl sites for hydroxylation is 1. The third-order valence-electron chi connectivity index (χ3n) is 2.09. The van der Waals surface area contributed by atoms with Crippen molar-refractivity contribution in [3.05, 3.63) is 46.2 Å². The maximum absolute atomic E-state index is 6.07. The van der Waals surface area contributed by atoms with Crippen LogP contribution >= 0.6 is 11.3 Å². The minimum absolute atomic E-state index is 0.149. The first kappa shape index (κ1) is 9.30. The fourth-order valence-corrected chi connectivity index (χ4v) is 2.25. The Bertz CT molecular complexity index is 410. The molecule has 2 N–H and O–H groups in total. The van der Waals surface area contributed by atoms with Crippen molar-refractivity contribution in [2.45, 2.75) is 13.0 Å². The molecule has 1 unspecified atom stereocenters. The van der Waals surface area contributed by atoms with Gasteiger partial charge in [0.05, 0.1) is 17.9 Å². The fraction of sp³-hybridized carbons (Fsp3) is 0.200. The second kappa shape index (κ2) is 3.86. The molecule has 0 saturated carbocycles. The molecule has 0 aliphatic carbocycles. The molecule has 72 valence electrons. The van der Waals surface area contributed by atoms with Crippen molar-refractivity contribution < 1.29 is 0 Å². The van der Waals surface area contributed by atoms with Gasteiger partial charge in [0.1, 0.15) is 0 Å². The summed E-state index contributed by atoms with van der Waals surface area (Å²) < 4.78 is 0. The van der Waals surface area contributed by atoms with E-state index in [9.17, 15) is 0 Å². The summed E-state index contributed by atoms with van der Waals surface area (Å²) in [7, 11) is 0. The third-order valence-corrected chi connectivity index (χ3v) is 3.19. The second-order valence-corrected chi connectivity index (χ2v) is 4.02. The van der Waals surface area contributed by atoms with Crippen molar-refractivity contribution in [3.8, 4) is 0 Å². The van der Waals surface area contributed by atoms with Crippen LogP contribution in [0.25, 0.3) is 0 Å². The van der Waals surface area contributed by atoms with E-state index >= 15 is 0 Å². The summed E-state index contributed by atoms with van der Waals surface area (Å²) in [5.74, 6) is 0. The van der Waals surface area contributed by atoms with Gasteiger partial charge in [0, 0.05) is 17.3 Å². The van der Waals surface area contributed by atoms with Crippen molar-refractivity contribution in [2.75, 3.05) is 0 Å². The van der Waals surface area contributed by atoms with Crippen molar-refractivity contribution >= 4 is 11.3 Å². The zero-order valence-electron chi connectivity index (χ0n) is 7.84. The van der Waals surface area contributed by atoms with E-state index in [1.165, 1.54) is 5.56 Å². The quantitative estimate of drug-likeness (QED) is 0.814. The van der Waals surface area contributed by atoms with Crippen LogP contribution in [-0.2, 0) is 0 Å². The summed E-state index contributed by atoms with van der Waals surface area (Å²) in [6.07, 6.45) is 5.03. The zero-order chi connectivity index (χ0) is 9.97. The average Bonchev–Trinajstić information content (AvgIpc) is 2.65. The van der Waals surface area contributed by atoms with Crippen LogP contribution in [0.3, 0.4) is 0 Å². The van der Waals surface area contributed by atoms with Gasteiger partial charge in [-0.05, 0) is 23.9 Å². The normalized spacial score (nSPS) is 12.7. The Morgan fingerprint density at radius 3 is 2.86 bits per heavy atom. The highest BCUT2D eigenvalue weighted by molar-refractivity contribution is 7.10. The zero-order valence-corrected chi connectivity index (χ0v) is 8.66. The molecule has 2 rings (SSSR count). The Balaban J connectivity index is 2.34. The van der Waals surface area contributed by atoms with Crippen LogP contribution in [0.1, 0.15) is 22.2 Å². The topological polar surface area (TPSA) is 51.8 Å². The Morgan fingerprint density at radius 1 is 1.43 bits per heavy atom. The highest BCUT2D eigenvalue weighted by atomic mass is 32.1. The Morgan fingerprint density at radius 2 is 2.29 bits per heavy atom. The molecule has 0 saturated heterocycles. The van der Waals surface area contributed by atoms with E-state index in [2.05, 4.69) is 23.0 Å². The van der Waals surface area contributed by atoms with E-state index in [-0.39, 0.29) is 6.04 Å². The van der Waals surface area contributed by atoms with Crippen LogP contribution < -0.4 is 5.73 Å². The third kappa shape index (κ3) is 1.66. The summed E-state index contributed by atoms with van der Waals surface area (Å²) in [6, 6.07) is 1.92. The molecule has 14 heavy (non-hydrogen) atoms. The molecule has 4 heteroatoms. The molecule has 0 amide bonds. The van der Waals surface area contributed by atoms with Gasteiger partial charge in [-0.25, -0.2) is 0 Å². The lowest BCUT2D eigenvalue weighted by Crippen LogP contribution is -2.13. The minimum Gasteiger partial charge on any atom is -0.318 e. The van der Waals surface area contributed by atoms with Crippen LogP contribution in [0.2, 0.25) is 0 Å². The first-order valence-corrected chi connectivity index (χ1v) is 5.22. The standard InChI is InChI=1S/C10H11N3S/c1-7-2-5-14-10(7)9(11)8-6-12-3-4-13-8/h2-6,9H,11H2,1H3. The molecule has 0 aliphatic rings. The number of rotatable bonds is 2. The minimum atomic E-state index is -0.149. The predicted octanol–water partition coefficient (Wildman–Crippen LogP) is 1.89. The van der Waals surface area contributed by atoms with E-state index in [4.69, 9.17) is 5.73 Å². The van der Waals surface area contributed by atoms with Gasteiger partial charge in [-0.3, -0.25) is 9.97 Å². The van der Waals surface area contributed by atoms with Crippen LogP contribution in [0.5, 0.6) is 0 Å². The molecule has 0 fully saturated rings. The molecule has 2 heterocycles. The SMILES string of the molecule is Cc1ccsc1C(N)c1cnccn1. The Hall–Kier alpha value is -1.26. The van der Waals surface area contributed by atoms with Crippen molar-refractivity contribution in [2.24, 2.45) is 5.73 Å². The molecule has 2 aromatic rings. The predicted molar refractivity (Wildman–Crippen MR) is 57.1 cm³/mol. The molecule has 0 bridgehead atoms. The van der Waals surface area contributed by atoms with E-state index in [0.29, 0.717) is 0 Å². The molecule has 1 atom stereocenters. The van der Waals surface area contributed by atoms with Gasteiger partial charge in [-0.15, -0.1) is 11.3 Å². The first-order chi connectivity index (χ1) is 6.79. The maximum atomic E-state index is 6.07. The second-order valence-electron chi connectivity index (χ2n) is 3.08. The molecule has 0 radical (unpaired) electrons. The molecular formula is C10H11N3S. The maximum Gasteiger partial charge on any atom is 0.0838 e. The monoisotopic (exact) mass is 205 g/mol. The van der Waals surface area contributed by atoms with E-state index < -0.39 is 0 Å². The molecule has 0 aromatic carbocycles. The van der Waals surface area contributed by atoms with Crippen LogP contribution in [0.4, 0.5) is 0 Å². The first-order valence-electron chi connectivity index (χ1n) is 4.34. The van der Waals surface area contributed by atoms with E-state index in [1.54, 1.807) is 29.9 Å². The number of nitrogens with two attached hydrogens (primary N) is 1. The highest BCUT2D eigenvalue weighted by Crippen LogP contribution is 2.25. The van der Waals surface area contributed by atoms with E-state index in [1.807, 2.05) is 5.38 Å². The summed E-state index contributed by atoms with van der Waals surface area (Å²) in [4.78, 5) is 9.36. The van der Waals surface area contributed by atoms with Gasteiger partial charge in [0.15, 0.2) is 0 Å². The lowest BCUT2D eigenvalue weighted by atomic mass is 10.1. The fourth-order valence-electron chi connectivity index (χ4n) is 1.31. The molecule has 2 aromatic heterocycles. The Kier molecular flexibility index (Phi) is 2.56. The van der Waals surface area contributed by atoms with Crippen LogP contribution in [-0.4, -0.2) is 9.97 Å². The van der Waals surface area contributed by atoms with Crippen molar-refractivity contribution in [1.29, 1.82) is 0 Å². The largest absolute Gasteiger partial charge is 0.318 e. The number of aromatic nitrogens is 2. The van der Waals surface area contributed by atoms with Crippen molar-refractivity contribution in [3.63, 3.8) is 0 Å². The number of hydrogen-bond acceptors (Lipinski definition) is 4. The lowest BCUT2D eigenvalue weighted by molar-refractivity contribution is 0.828. The van der Waals surface area contributed by atoms with Crippen LogP contribution in [0.15, 0.2) is 30.0 Å². The number of hydrogen-bond donors (Lipinski definition) is 1. The molecule has 3 nitrogen and oxygen atoms in total. The summed E-state index contributed by atoms with van der Waals surface area (Å²) in [5, 5.41) is 2.04. The van der Waals surface area contributed by atoms with Gasteiger partial charge < -0.3 is 5.73 Å². The van der Waals surface area contributed by atoms with Gasteiger partial charge in [-0.2, -0.15) is 0 Å². The van der Waals surface area contributed by atoms with Gasteiger partial charge in [0.25, 0.3) is 0 Å². The van der Waals surface area contributed by atoms with Gasteiger partial charge >= 0.3 is 0 Å². The molecular weight excluding hydrogens is 194 g/mol. The Labute approximate surface area is 86.6 Å². The molecule has 0 aliphatic heterocycles. The van der Waals surface area contributed by atoms with Gasteiger partial charge in [-0.1, -0.05) is 0 Å². The van der Waals surface area contributed by atoms with Crippen LogP contribution in [0, 0.1) is 6.92 Å². The van der Waals surface area contributed by atoms with E-state index in [0.717, 1.165) is 10.6 Å². The summed E-state index contributed by atoms with van der Waals surface area (Å²) >= 11 is 1.66. The smallest absolute Gasteiger partial charge is 0.0838 e. The lowest BCUT2D eigenvalue weighted by Gasteiger charge is -2.09. The summed E-state index contributed by atoms with van der Waals surface area (Å²) in [6.45, 7) is 2.06. The average molecular weight is 205 g/mol. The molecule has 0 spiro atoms. The number of nitrogens with zero attached hydrogens (tertiary/aromatic N) is 2. The number of thiophene rings is 1. The highest BCUT2D eigenvalue weighted by Gasteiger charge is 2.13. The van der Waals surface area contributed by atoms with Crippen molar-refractivity contribution in [1.82, 2.24) is 9.97 Å². The summed E-state index contributed by atoms with van der Waals surface area (Å²) in [5.41, 5.74) is 8.10.